The number of benzene rings is 1. The van der Waals surface area contributed by atoms with Gasteiger partial charge in [-0.2, -0.15) is 0 Å². The maximum absolute atomic E-state index is 12.1. The van der Waals surface area contributed by atoms with E-state index in [9.17, 15) is 9.59 Å². The predicted octanol–water partition coefficient (Wildman–Crippen LogP) is 2.17. The normalized spacial score (nSPS) is 14.8. The molecule has 0 spiro atoms. The lowest BCUT2D eigenvalue weighted by Gasteiger charge is -2.38. The van der Waals surface area contributed by atoms with Crippen LogP contribution in [0.2, 0.25) is 0 Å². The molecule has 2 amide bonds. The van der Waals surface area contributed by atoms with Gasteiger partial charge in [-0.1, -0.05) is 12.1 Å². The molecule has 1 aromatic carbocycles. The third-order valence-electron chi connectivity index (χ3n) is 3.63. The predicted molar refractivity (Wildman–Crippen MR) is 78.1 cm³/mol. The number of aromatic nitrogens is 1. The number of carboxylic acids is 1. The van der Waals surface area contributed by atoms with Crippen LogP contribution in [0, 0.1) is 5.92 Å². The standard InChI is InChI=1S/C15H15N3O3/c19-14(20)6-10-8-18(9-10)15(21)17-13-3-1-2-11-7-16-5-4-12(11)13/h1-5,7,10H,6,8-9H2,(H,17,21)(H,19,20). The van der Waals surface area contributed by atoms with E-state index in [4.69, 9.17) is 5.11 Å². The Labute approximate surface area is 121 Å². The Morgan fingerprint density at radius 1 is 1.33 bits per heavy atom. The van der Waals surface area contributed by atoms with E-state index in [1.165, 1.54) is 0 Å². The van der Waals surface area contributed by atoms with E-state index in [2.05, 4.69) is 10.3 Å². The second-order valence-electron chi connectivity index (χ2n) is 5.20. The van der Waals surface area contributed by atoms with Gasteiger partial charge >= 0.3 is 12.0 Å². The molecular weight excluding hydrogens is 270 g/mol. The molecule has 1 saturated heterocycles. The fourth-order valence-electron chi connectivity index (χ4n) is 2.54. The number of nitrogens with one attached hydrogen (secondary N) is 1. The van der Waals surface area contributed by atoms with Gasteiger partial charge in [0.2, 0.25) is 0 Å². The highest BCUT2D eigenvalue weighted by atomic mass is 16.4. The molecule has 2 N–H and O–H groups in total. The van der Waals surface area contributed by atoms with Crippen molar-refractivity contribution in [3.8, 4) is 0 Å². The molecular formula is C15H15N3O3. The van der Waals surface area contributed by atoms with Crippen molar-refractivity contribution in [1.82, 2.24) is 9.88 Å². The highest BCUT2D eigenvalue weighted by molar-refractivity contribution is 6.01. The van der Waals surface area contributed by atoms with Gasteiger partial charge in [0.25, 0.3) is 0 Å². The Balaban J connectivity index is 1.67. The topological polar surface area (TPSA) is 82.5 Å². The van der Waals surface area contributed by atoms with Gasteiger partial charge in [-0.25, -0.2) is 4.79 Å². The van der Waals surface area contributed by atoms with Gasteiger partial charge in [0.05, 0.1) is 12.1 Å². The monoisotopic (exact) mass is 285 g/mol. The van der Waals surface area contributed by atoms with Crippen LogP contribution in [0.4, 0.5) is 10.5 Å². The fraction of sp³-hybridized carbons (Fsp3) is 0.267. The van der Waals surface area contributed by atoms with Crippen molar-refractivity contribution in [3.63, 3.8) is 0 Å². The molecule has 1 fully saturated rings. The first-order valence-electron chi connectivity index (χ1n) is 6.74. The molecule has 3 rings (SSSR count). The second kappa shape index (κ2) is 5.40. The van der Waals surface area contributed by atoms with E-state index in [0.717, 1.165) is 16.5 Å². The molecule has 0 unspecified atom stereocenters. The zero-order valence-electron chi connectivity index (χ0n) is 11.3. The molecule has 2 heterocycles. The van der Waals surface area contributed by atoms with Crippen LogP contribution in [-0.2, 0) is 4.79 Å². The van der Waals surface area contributed by atoms with Crippen molar-refractivity contribution >= 4 is 28.5 Å². The first kappa shape index (κ1) is 13.4. The van der Waals surface area contributed by atoms with Crippen LogP contribution in [-0.4, -0.2) is 40.1 Å². The van der Waals surface area contributed by atoms with Crippen molar-refractivity contribution in [2.75, 3.05) is 18.4 Å². The number of anilines is 1. The molecule has 0 atom stereocenters. The number of urea groups is 1. The van der Waals surface area contributed by atoms with Crippen molar-refractivity contribution in [2.24, 2.45) is 5.92 Å². The SMILES string of the molecule is O=C(O)CC1CN(C(=O)Nc2cccc3cnccc23)C1. The average Bonchev–Trinajstić information content (AvgIpc) is 2.42. The van der Waals surface area contributed by atoms with E-state index < -0.39 is 5.97 Å². The third kappa shape index (κ3) is 2.79. The summed E-state index contributed by atoms with van der Waals surface area (Å²) in [5.74, 6) is -0.758. The van der Waals surface area contributed by atoms with Crippen molar-refractivity contribution in [3.05, 3.63) is 36.7 Å². The van der Waals surface area contributed by atoms with Gasteiger partial charge in [-0.3, -0.25) is 9.78 Å². The van der Waals surface area contributed by atoms with Crippen LogP contribution in [0.25, 0.3) is 10.8 Å². The number of pyridine rings is 1. The summed E-state index contributed by atoms with van der Waals surface area (Å²) in [7, 11) is 0. The lowest BCUT2D eigenvalue weighted by molar-refractivity contribution is -0.139. The summed E-state index contributed by atoms with van der Waals surface area (Å²) < 4.78 is 0. The lowest BCUT2D eigenvalue weighted by Crippen LogP contribution is -2.52. The van der Waals surface area contributed by atoms with Crippen LogP contribution < -0.4 is 5.32 Å². The number of fused-ring (bicyclic) bond motifs is 1. The minimum absolute atomic E-state index is 0.0602. The molecule has 2 aromatic rings. The number of hydrogen-bond donors (Lipinski definition) is 2. The molecule has 0 aliphatic carbocycles. The van der Waals surface area contributed by atoms with Crippen LogP contribution in [0.3, 0.4) is 0 Å². The molecule has 0 saturated carbocycles. The van der Waals surface area contributed by atoms with Gasteiger partial charge in [0, 0.05) is 42.2 Å². The maximum atomic E-state index is 12.1. The van der Waals surface area contributed by atoms with Gasteiger partial charge in [-0.05, 0) is 12.1 Å². The van der Waals surface area contributed by atoms with E-state index in [1.807, 2.05) is 24.3 Å². The molecule has 6 nitrogen and oxygen atoms in total. The number of hydrogen-bond acceptors (Lipinski definition) is 3. The average molecular weight is 285 g/mol. The van der Waals surface area contributed by atoms with Crippen LogP contribution in [0.1, 0.15) is 6.42 Å². The summed E-state index contributed by atoms with van der Waals surface area (Å²) in [6, 6.07) is 7.30. The smallest absolute Gasteiger partial charge is 0.321 e. The van der Waals surface area contributed by atoms with Crippen LogP contribution in [0.15, 0.2) is 36.7 Å². The Morgan fingerprint density at radius 3 is 2.90 bits per heavy atom. The molecule has 1 aliphatic rings. The fourth-order valence-corrected chi connectivity index (χ4v) is 2.54. The molecule has 0 radical (unpaired) electrons. The number of aliphatic carboxylic acids is 1. The molecule has 21 heavy (non-hydrogen) atoms. The highest BCUT2D eigenvalue weighted by Gasteiger charge is 2.32. The minimum Gasteiger partial charge on any atom is -0.481 e. The van der Waals surface area contributed by atoms with Crippen LogP contribution >= 0.6 is 0 Å². The summed E-state index contributed by atoms with van der Waals surface area (Å²) in [6.45, 7) is 0.981. The Bertz CT molecular complexity index is 690. The number of carboxylic acid groups (broad SMARTS) is 1. The second-order valence-corrected chi connectivity index (χ2v) is 5.20. The third-order valence-corrected chi connectivity index (χ3v) is 3.63. The van der Waals surface area contributed by atoms with E-state index >= 15 is 0 Å². The first-order valence-corrected chi connectivity index (χ1v) is 6.74. The number of carbonyl (C=O) groups is 2. The summed E-state index contributed by atoms with van der Waals surface area (Å²) in [5, 5.41) is 13.5. The van der Waals surface area contributed by atoms with Gasteiger partial charge < -0.3 is 15.3 Å². The molecule has 1 aromatic heterocycles. The summed E-state index contributed by atoms with van der Waals surface area (Å²) >= 11 is 0. The highest BCUT2D eigenvalue weighted by Crippen LogP contribution is 2.24. The van der Waals surface area contributed by atoms with E-state index in [-0.39, 0.29) is 18.4 Å². The first-order chi connectivity index (χ1) is 10.1. The molecule has 108 valence electrons. The number of nitrogens with zero attached hydrogens (tertiary/aromatic N) is 2. The largest absolute Gasteiger partial charge is 0.481 e. The quantitative estimate of drug-likeness (QED) is 0.905. The Kier molecular flexibility index (Phi) is 3.43. The Morgan fingerprint density at radius 2 is 2.14 bits per heavy atom. The zero-order valence-corrected chi connectivity index (χ0v) is 11.3. The summed E-state index contributed by atoms with van der Waals surface area (Å²) in [5.41, 5.74) is 0.738. The van der Waals surface area contributed by atoms with E-state index in [1.54, 1.807) is 17.3 Å². The van der Waals surface area contributed by atoms with Crippen LogP contribution in [0.5, 0.6) is 0 Å². The minimum atomic E-state index is -0.818. The molecule has 1 aliphatic heterocycles. The number of likely N-dealkylation sites (tertiary alicyclic amines) is 1. The number of amides is 2. The van der Waals surface area contributed by atoms with E-state index in [0.29, 0.717) is 13.1 Å². The lowest BCUT2D eigenvalue weighted by atomic mass is 9.97. The number of carbonyl (C=O) groups excluding carboxylic acids is 1. The number of rotatable bonds is 3. The molecule has 0 bridgehead atoms. The van der Waals surface area contributed by atoms with Crippen molar-refractivity contribution in [1.29, 1.82) is 0 Å². The molecule has 6 heteroatoms. The summed E-state index contributed by atoms with van der Waals surface area (Å²) in [6.07, 6.45) is 3.55. The van der Waals surface area contributed by atoms with Gasteiger partial charge in [0.15, 0.2) is 0 Å². The zero-order chi connectivity index (χ0) is 14.8. The van der Waals surface area contributed by atoms with Gasteiger partial charge in [-0.15, -0.1) is 0 Å². The summed E-state index contributed by atoms with van der Waals surface area (Å²) in [4.78, 5) is 28.4. The van der Waals surface area contributed by atoms with Gasteiger partial charge in [0.1, 0.15) is 0 Å². The van der Waals surface area contributed by atoms with Crippen molar-refractivity contribution < 1.29 is 14.7 Å². The maximum Gasteiger partial charge on any atom is 0.321 e. The Hall–Kier alpha value is -2.63. The van der Waals surface area contributed by atoms with Crippen molar-refractivity contribution in [2.45, 2.75) is 6.42 Å².